The predicted octanol–water partition coefficient (Wildman–Crippen LogP) is 2.33. The van der Waals surface area contributed by atoms with E-state index in [-0.39, 0.29) is 17.7 Å². The van der Waals surface area contributed by atoms with Gasteiger partial charge in [-0.2, -0.15) is 0 Å². The Bertz CT molecular complexity index is 991. The summed E-state index contributed by atoms with van der Waals surface area (Å²) >= 11 is 0. The van der Waals surface area contributed by atoms with Crippen molar-refractivity contribution in [3.63, 3.8) is 0 Å². The Balaban J connectivity index is 1.46. The molecule has 4 rings (SSSR count). The van der Waals surface area contributed by atoms with E-state index in [0.717, 1.165) is 24.3 Å². The molecule has 3 heterocycles. The Morgan fingerprint density at radius 2 is 1.77 bits per heavy atom. The van der Waals surface area contributed by atoms with Crippen LogP contribution in [-0.4, -0.2) is 79.2 Å². The molecule has 1 aromatic heterocycles. The van der Waals surface area contributed by atoms with E-state index in [1.54, 1.807) is 12.4 Å². The molecule has 2 amide bonds. The van der Waals surface area contributed by atoms with Crippen molar-refractivity contribution in [3.05, 3.63) is 47.8 Å². The van der Waals surface area contributed by atoms with Crippen LogP contribution in [0.1, 0.15) is 42.6 Å². The number of aromatic nitrogens is 2. The van der Waals surface area contributed by atoms with Crippen molar-refractivity contribution in [3.8, 4) is 0 Å². The number of fused-ring (bicyclic) bond motifs is 1. The number of carbonyl (C=O) groups is 2. The van der Waals surface area contributed by atoms with Gasteiger partial charge < -0.3 is 24.8 Å². The smallest absolute Gasteiger partial charge is 0.257 e. The van der Waals surface area contributed by atoms with Crippen LogP contribution in [-0.2, 0) is 16.1 Å². The first-order valence-corrected chi connectivity index (χ1v) is 12.6. The minimum atomic E-state index is -0.0860. The molecule has 0 atom stereocenters. The maximum absolute atomic E-state index is 13.3. The molecule has 1 N–H and O–H groups in total. The molecule has 0 spiro atoms. The number of para-hydroxylation sites is 1. The van der Waals surface area contributed by atoms with Gasteiger partial charge in [0.25, 0.3) is 5.91 Å². The van der Waals surface area contributed by atoms with Gasteiger partial charge in [0.15, 0.2) is 0 Å². The van der Waals surface area contributed by atoms with Gasteiger partial charge in [0, 0.05) is 70.3 Å². The van der Waals surface area contributed by atoms with E-state index < -0.39 is 0 Å². The van der Waals surface area contributed by atoms with Gasteiger partial charge in [0.05, 0.1) is 18.8 Å². The number of benzene rings is 1. The fraction of sp³-hybridized carbons (Fsp3) is 0.538. The van der Waals surface area contributed by atoms with Crippen molar-refractivity contribution < 1.29 is 14.3 Å². The van der Waals surface area contributed by atoms with Crippen LogP contribution in [0.4, 0.5) is 11.6 Å². The van der Waals surface area contributed by atoms with Crippen LogP contribution in [0.5, 0.6) is 0 Å². The number of nitrogens with one attached hydrogen (secondary N) is 1. The van der Waals surface area contributed by atoms with Gasteiger partial charge in [-0.25, -0.2) is 9.97 Å². The summed E-state index contributed by atoms with van der Waals surface area (Å²) in [6.07, 6.45) is 4.42. The molecule has 0 radical (unpaired) electrons. The summed E-state index contributed by atoms with van der Waals surface area (Å²) in [5.41, 5.74) is 2.53. The number of hydrogen-bond donors (Lipinski definition) is 1. The zero-order valence-electron chi connectivity index (χ0n) is 20.8. The minimum absolute atomic E-state index is 0.0860. The number of nitrogens with zero attached hydrogens (tertiary/aromatic N) is 5. The number of rotatable bonds is 4. The van der Waals surface area contributed by atoms with Gasteiger partial charge >= 0.3 is 0 Å². The first-order valence-electron chi connectivity index (χ1n) is 12.6. The Morgan fingerprint density at radius 3 is 2.51 bits per heavy atom. The fourth-order valence-corrected chi connectivity index (χ4v) is 4.48. The fourth-order valence-electron chi connectivity index (χ4n) is 4.48. The van der Waals surface area contributed by atoms with Crippen LogP contribution in [0.3, 0.4) is 0 Å². The summed E-state index contributed by atoms with van der Waals surface area (Å²) in [5.74, 6) is 0.944. The molecular formula is C26H36N6O3. The van der Waals surface area contributed by atoms with E-state index in [9.17, 15) is 9.59 Å². The van der Waals surface area contributed by atoms with E-state index in [4.69, 9.17) is 4.74 Å². The van der Waals surface area contributed by atoms with E-state index in [0.29, 0.717) is 70.3 Å². The maximum atomic E-state index is 13.3. The highest BCUT2D eigenvalue weighted by atomic mass is 16.5. The number of carbonyl (C=O) groups excluding carboxylic acids is 2. The van der Waals surface area contributed by atoms with Crippen LogP contribution >= 0.6 is 0 Å². The van der Waals surface area contributed by atoms with Gasteiger partial charge in [-0.3, -0.25) is 9.59 Å². The number of ether oxygens (including phenoxy) is 1. The van der Waals surface area contributed by atoms with Gasteiger partial charge in [-0.1, -0.05) is 32.0 Å². The van der Waals surface area contributed by atoms with E-state index in [1.165, 1.54) is 0 Å². The summed E-state index contributed by atoms with van der Waals surface area (Å²) in [6.45, 7) is 9.93. The van der Waals surface area contributed by atoms with Crippen molar-refractivity contribution in [2.24, 2.45) is 5.92 Å². The van der Waals surface area contributed by atoms with Crippen molar-refractivity contribution in [1.29, 1.82) is 0 Å². The molecule has 0 bridgehead atoms. The quantitative estimate of drug-likeness (QED) is 0.718. The number of hydrogen-bond acceptors (Lipinski definition) is 7. The number of morpholine rings is 1. The molecular weight excluding hydrogens is 444 g/mol. The second kappa shape index (κ2) is 12.1. The van der Waals surface area contributed by atoms with Crippen LogP contribution in [0.15, 0.2) is 36.7 Å². The van der Waals surface area contributed by atoms with Crippen molar-refractivity contribution in [2.75, 3.05) is 62.3 Å². The third-order valence-electron chi connectivity index (χ3n) is 6.32. The first-order chi connectivity index (χ1) is 17.0. The zero-order valence-corrected chi connectivity index (χ0v) is 20.8. The molecule has 1 saturated heterocycles. The molecule has 1 fully saturated rings. The summed E-state index contributed by atoms with van der Waals surface area (Å²) in [7, 11) is 0. The first kappa shape index (κ1) is 25.1. The Morgan fingerprint density at radius 1 is 1.03 bits per heavy atom. The van der Waals surface area contributed by atoms with Crippen LogP contribution in [0.25, 0.3) is 0 Å². The second-order valence-corrected chi connectivity index (χ2v) is 9.47. The highest BCUT2D eigenvalue weighted by molar-refractivity contribution is 5.95. The molecule has 188 valence electrons. The summed E-state index contributed by atoms with van der Waals surface area (Å²) < 4.78 is 5.39. The molecule has 2 aliphatic heterocycles. The van der Waals surface area contributed by atoms with E-state index in [1.807, 2.05) is 28.0 Å². The van der Waals surface area contributed by atoms with Crippen LogP contribution < -0.4 is 15.1 Å². The third kappa shape index (κ3) is 6.55. The lowest BCUT2D eigenvalue weighted by Crippen LogP contribution is -2.39. The summed E-state index contributed by atoms with van der Waals surface area (Å²) in [4.78, 5) is 41.1. The molecule has 0 saturated carbocycles. The Hall–Kier alpha value is -3.04. The van der Waals surface area contributed by atoms with Gasteiger partial charge in [-0.05, 0) is 24.0 Å². The number of anilines is 2. The van der Waals surface area contributed by atoms with E-state index in [2.05, 4.69) is 40.1 Å². The summed E-state index contributed by atoms with van der Waals surface area (Å²) in [5, 5.41) is 3.45. The Kier molecular flexibility index (Phi) is 8.65. The average Bonchev–Trinajstić information content (AvgIpc) is 2.92. The lowest BCUT2D eigenvalue weighted by atomic mass is 10.1. The maximum Gasteiger partial charge on any atom is 0.257 e. The molecule has 2 aromatic rings. The number of amides is 2. The molecule has 35 heavy (non-hydrogen) atoms. The average molecular weight is 481 g/mol. The highest BCUT2D eigenvalue weighted by Gasteiger charge is 2.23. The highest BCUT2D eigenvalue weighted by Crippen LogP contribution is 2.23. The largest absolute Gasteiger partial charge is 0.378 e. The normalized spacial score (nSPS) is 17.6. The molecule has 1 aromatic carbocycles. The molecule has 2 aliphatic rings. The lowest BCUT2D eigenvalue weighted by Gasteiger charge is -2.27. The SMILES string of the molecule is CC(C)CC(=O)N1CCCN(C(=O)c2cnc(N3CCOCC3)nc2)CCNCc2ccccc21. The lowest BCUT2D eigenvalue weighted by molar-refractivity contribution is -0.119. The molecule has 9 heteroatoms. The monoisotopic (exact) mass is 480 g/mol. The van der Waals surface area contributed by atoms with Crippen LogP contribution in [0, 0.1) is 5.92 Å². The van der Waals surface area contributed by atoms with Crippen molar-refractivity contribution in [1.82, 2.24) is 20.2 Å². The van der Waals surface area contributed by atoms with Crippen molar-refractivity contribution in [2.45, 2.75) is 33.2 Å². The summed E-state index contributed by atoms with van der Waals surface area (Å²) in [6, 6.07) is 8.06. The standard InChI is InChI=1S/C26H36N6O3/c1-20(2)16-24(33)32-10-5-9-30(11-8-27-17-21-6-3-4-7-23(21)32)25(34)22-18-28-26(29-19-22)31-12-14-35-15-13-31/h3-4,6-7,18-20,27H,5,8-17H2,1-2H3. The van der Waals surface area contributed by atoms with Crippen LogP contribution in [0.2, 0.25) is 0 Å². The van der Waals surface area contributed by atoms with Gasteiger partial charge in [0.2, 0.25) is 11.9 Å². The minimum Gasteiger partial charge on any atom is -0.378 e. The molecule has 9 nitrogen and oxygen atoms in total. The zero-order chi connectivity index (χ0) is 24.6. The predicted molar refractivity (Wildman–Crippen MR) is 136 cm³/mol. The van der Waals surface area contributed by atoms with E-state index >= 15 is 0 Å². The second-order valence-electron chi connectivity index (χ2n) is 9.47. The van der Waals surface area contributed by atoms with Crippen molar-refractivity contribution >= 4 is 23.5 Å². The molecule has 0 aliphatic carbocycles. The molecule has 0 unspecified atom stereocenters. The topological polar surface area (TPSA) is 90.9 Å². The van der Waals surface area contributed by atoms with Gasteiger partial charge in [-0.15, -0.1) is 0 Å². The Labute approximate surface area is 207 Å². The van der Waals surface area contributed by atoms with Gasteiger partial charge in [0.1, 0.15) is 0 Å². The third-order valence-corrected chi connectivity index (χ3v) is 6.32.